The van der Waals surface area contributed by atoms with Gasteiger partial charge in [-0.2, -0.15) is 0 Å². The van der Waals surface area contributed by atoms with Gasteiger partial charge in [0, 0.05) is 37.2 Å². The van der Waals surface area contributed by atoms with Gasteiger partial charge in [-0.05, 0) is 66.6 Å². The van der Waals surface area contributed by atoms with Crippen molar-refractivity contribution in [1.82, 2.24) is 19.5 Å². The molecule has 0 saturated heterocycles. The molecule has 0 aliphatic rings. The number of pyridine rings is 1. The number of nitrogens with one attached hydrogen (secondary N) is 1. The molecule has 4 heterocycles. The molecule has 204 valence electrons. The first-order valence-electron chi connectivity index (χ1n) is 12.7. The number of anilines is 2. The van der Waals surface area contributed by atoms with Gasteiger partial charge in [0.05, 0.1) is 27.0 Å². The smallest absolute Gasteiger partial charge is 0.268 e. The molecule has 2 amide bonds. The van der Waals surface area contributed by atoms with Crippen LogP contribution in [0.4, 0.5) is 16.0 Å². The fraction of sp³-hybridized carbons (Fsp3) is 0.100. The van der Waals surface area contributed by atoms with Gasteiger partial charge in [0.15, 0.2) is 12.2 Å². The zero-order valence-corrected chi connectivity index (χ0v) is 22.6. The zero-order valence-electron chi connectivity index (χ0n) is 21.8. The van der Waals surface area contributed by atoms with Crippen LogP contribution in [0, 0.1) is 5.82 Å². The predicted molar refractivity (Wildman–Crippen MR) is 155 cm³/mol. The number of hydrogen-bond donors (Lipinski definition) is 1. The minimum Gasteiger partial charge on any atom is -0.443 e. The lowest BCUT2D eigenvalue weighted by molar-refractivity contribution is 0.0990. The Balaban J connectivity index is 1.31. The van der Waals surface area contributed by atoms with Gasteiger partial charge in [-0.15, -0.1) is 11.3 Å². The van der Waals surface area contributed by atoms with Gasteiger partial charge < -0.3 is 13.9 Å². The summed E-state index contributed by atoms with van der Waals surface area (Å²) in [5.74, 6) is -0.181. The number of aryl methyl sites for hydroxylation is 2. The highest BCUT2D eigenvalue weighted by molar-refractivity contribution is 7.17. The molecule has 0 saturated carbocycles. The van der Waals surface area contributed by atoms with E-state index < -0.39 is 5.82 Å². The molecule has 9 nitrogen and oxygen atoms in total. The Bertz CT molecular complexity index is 1850. The van der Waals surface area contributed by atoms with E-state index in [-0.39, 0.29) is 17.4 Å². The summed E-state index contributed by atoms with van der Waals surface area (Å²) >= 11 is 1.29. The average molecular weight is 567 g/mol. The molecule has 0 aliphatic carbocycles. The number of aromatic nitrogens is 4. The Morgan fingerprint density at radius 2 is 1.95 bits per heavy atom. The standard InChI is InChI=1S/C30H23FN6O3S/c1-36(29(39)20-5-2-6-21(31)14-20)22-7-8-24-23(15-22)34-30(37(24)13-11-19-4-3-12-32-16-19)35-28(38)27-10-9-26(41-27)25-17-33-18-40-25/h2-10,12,14-18H,11,13H2,1H3,(H,34,35,38). The van der Waals surface area contributed by atoms with Gasteiger partial charge in [-0.25, -0.2) is 14.4 Å². The van der Waals surface area contributed by atoms with Crippen LogP contribution in [-0.2, 0) is 13.0 Å². The Hall–Kier alpha value is -5.16. The minimum atomic E-state index is -0.480. The first-order valence-corrected chi connectivity index (χ1v) is 13.5. The normalized spacial score (nSPS) is 11.1. The number of carbonyl (C=O) groups excluding carboxylic acids is 2. The summed E-state index contributed by atoms with van der Waals surface area (Å²) in [6, 6.07) is 18.4. The number of thiophene rings is 1. The van der Waals surface area contributed by atoms with Crippen molar-refractivity contribution < 1.29 is 18.4 Å². The summed E-state index contributed by atoms with van der Waals surface area (Å²) in [6.45, 7) is 0.531. The third kappa shape index (κ3) is 5.48. The molecule has 0 atom stereocenters. The van der Waals surface area contributed by atoms with Crippen LogP contribution in [-0.4, -0.2) is 38.4 Å². The Labute approximate surface area is 237 Å². The van der Waals surface area contributed by atoms with E-state index in [4.69, 9.17) is 9.40 Å². The molecule has 2 aromatic carbocycles. The summed E-state index contributed by atoms with van der Waals surface area (Å²) in [5, 5.41) is 2.95. The highest BCUT2D eigenvalue weighted by atomic mass is 32.1. The average Bonchev–Trinajstić information content (AvgIpc) is 3.76. The van der Waals surface area contributed by atoms with Gasteiger partial charge in [-0.1, -0.05) is 12.1 Å². The van der Waals surface area contributed by atoms with Crippen LogP contribution in [0.5, 0.6) is 0 Å². The lowest BCUT2D eigenvalue weighted by Crippen LogP contribution is -2.26. The maximum Gasteiger partial charge on any atom is 0.268 e. The van der Waals surface area contributed by atoms with Gasteiger partial charge >= 0.3 is 0 Å². The number of oxazole rings is 1. The summed E-state index contributed by atoms with van der Waals surface area (Å²) < 4.78 is 21.0. The third-order valence-electron chi connectivity index (χ3n) is 6.57. The van der Waals surface area contributed by atoms with Crippen molar-refractivity contribution in [3.8, 4) is 10.6 Å². The van der Waals surface area contributed by atoms with Crippen molar-refractivity contribution in [2.75, 3.05) is 17.3 Å². The topological polar surface area (TPSA) is 106 Å². The van der Waals surface area contributed by atoms with Crippen LogP contribution in [0.15, 0.2) is 96.1 Å². The van der Waals surface area contributed by atoms with E-state index in [1.165, 1.54) is 40.8 Å². The molecule has 0 bridgehead atoms. The second-order valence-electron chi connectivity index (χ2n) is 9.23. The number of nitrogens with zero attached hydrogens (tertiary/aromatic N) is 5. The lowest BCUT2D eigenvalue weighted by atomic mass is 10.1. The van der Waals surface area contributed by atoms with Gasteiger partial charge in [0.25, 0.3) is 11.8 Å². The number of hydrogen-bond acceptors (Lipinski definition) is 7. The van der Waals surface area contributed by atoms with E-state index in [0.29, 0.717) is 40.8 Å². The van der Waals surface area contributed by atoms with Crippen molar-refractivity contribution in [2.45, 2.75) is 13.0 Å². The van der Waals surface area contributed by atoms with Crippen LogP contribution in [0.1, 0.15) is 25.6 Å². The Morgan fingerprint density at radius 1 is 1.05 bits per heavy atom. The second-order valence-corrected chi connectivity index (χ2v) is 10.3. The van der Waals surface area contributed by atoms with Gasteiger partial charge in [0.1, 0.15) is 5.82 Å². The van der Waals surface area contributed by atoms with Crippen LogP contribution in [0.2, 0.25) is 0 Å². The predicted octanol–water partition coefficient (Wildman–Crippen LogP) is 6.06. The molecule has 0 aliphatic heterocycles. The number of imidazole rings is 1. The highest BCUT2D eigenvalue weighted by Gasteiger charge is 2.20. The molecule has 0 fully saturated rings. The van der Waals surface area contributed by atoms with E-state index in [1.54, 1.807) is 49.9 Å². The maximum atomic E-state index is 13.7. The van der Waals surface area contributed by atoms with E-state index >= 15 is 0 Å². The van der Waals surface area contributed by atoms with Crippen molar-refractivity contribution in [2.24, 2.45) is 0 Å². The number of fused-ring (bicyclic) bond motifs is 1. The van der Waals surface area contributed by atoms with Crippen molar-refractivity contribution >= 4 is 45.8 Å². The first kappa shape index (κ1) is 26.1. The molecule has 41 heavy (non-hydrogen) atoms. The van der Waals surface area contributed by atoms with E-state index in [2.05, 4.69) is 15.3 Å². The summed E-state index contributed by atoms with van der Waals surface area (Å²) in [4.78, 5) is 41.8. The highest BCUT2D eigenvalue weighted by Crippen LogP contribution is 2.30. The van der Waals surface area contributed by atoms with Crippen LogP contribution >= 0.6 is 11.3 Å². The SMILES string of the molecule is CN(C(=O)c1cccc(F)c1)c1ccc2c(c1)nc(NC(=O)c1ccc(-c3cnco3)s1)n2CCc1cccnc1. The number of rotatable bonds is 8. The van der Waals surface area contributed by atoms with Crippen molar-refractivity contribution in [3.05, 3.63) is 114 Å². The van der Waals surface area contributed by atoms with E-state index in [0.717, 1.165) is 16.0 Å². The van der Waals surface area contributed by atoms with E-state index in [1.807, 2.05) is 28.8 Å². The van der Waals surface area contributed by atoms with Gasteiger partial charge in [-0.3, -0.25) is 19.9 Å². The second kappa shape index (κ2) is 11.1. The largest absolute Gasteiger partial charge is 0.443 e. The summed E-state index contributed by atoms with van der Waals surface area (Å²) in [6.07, 6.45) is 7.13. The summed E-state index contributed by atoms with van der Waals surface area (Å²) in [5.41, 5.74) is 3.24. The Kier molecular flexibility index (Phi) is 7.09. The number of halogens is 1. The fourth-order valence-electron chi connectivity index (χ4n) is 4.46. The number of benzene rings is 2. The monoisotopic (exact) mass is 566 g/mol. The molecule has 0 unspecified atom stereocenters. The molecular formula is C30H23FN6O3S. The molecule has 11 heteroatoms. The quantitative estimate of drug-likeness (QED) is 0.240. The molecular weight excluding hydrogens is 543 g/mol. The zero-order chi connectivity index (χ0) is 28.3. The van der Waals surface area contributed by atoms with E-state index in [9.17, 15) is 14.0 Å². The van der Waals surface area contributed by atoms with Crippen LogP contribution in [0.25, 0.3) is 21.7 Å². The molecule has 6 rings (SSSR count). The van der Waals surface area contributed by atoms with Gasteiger partial charge in [0.2, 0.25) is 5.95 Å². The molecule has 0 spiro atoms. The molecule has 6 aromatic rings. The number of carbonyl (C=O) groups is 2. The lowest BCUT2D eigenvalue weighted by Gasteiger charge is -2.17. The number of amides is 2. The first-order chi connectivity index (χ1) is 20.0. The fourth-order valence-corrected chi connectivity index (χ4v) is 5.32. The third-order valence-corrected chi connectivity index (χ3v) is 7.67. The maximum absolute atomic E-state index is 13.7. The summed E-state index contributed by atoms with van der Waals surface area (Å²) in [7, 11) is 1.62. The molecule has 4 aromatic heterocycles. The minimum absolute atomic E-state index is 0.239. The molecule has 0 radical (unpaired) electrons. The molecule has 1 N–H and O–H groups in total. The van der Waals surface area contributed by atoms with Crippen molar-refractivity contribution in [1.29, 1.82) is 0 Å². The van der Waals surface area contributed by atoms with Crippen LogP contribution in [0.3, 0.4) is 0 Å². The Morgan fingerprint density at radius 3 is 2.73 bits per heavy atom. The van der Waals surface area contributed by atoms with Crippen molar-refractivity contribution in [3.63, 3.8) is 0 Å². The van der Waals surface area contributed by atoms with Crippen LogP contribution < -0.4 is 10.2 Å².